The predicted octanol–water partition coefficient (Wildman–Crippen LogP) is 1.34. The van der Waals surface area contributed by atoms with Crippen LogP contribution in [0.25, 0.3) is 0 Å². The van der Waals surface area contributed by atoms with Crippen molar-refractivity contribution in [2.24, 2.45) is 0 Å². The Morgan fingerprint density at radius 3 is 2.95 bits per heavy atom. The molecule has 0 saturated carbocycles. The molecule has 0 bridgehead atoms. The molecule has 0 radical (unpaired) electrons. The molecule has 98 valence electrons. The van der Waals surface area contributed by atoms with E-state index in [-0.39, 0.29) is 11.0 Å². The molecule has 6 nitrogen and oxygen atoms in total. The summed E-state index contributed by atoms with van der Waals surface area (Å²) in [5, 5.41) is 2.59. The summed E-state index contributed by atoms with van der Waals surface area (Å²) in [6.45, 7) is 1.74. The first-order chi connectivity index (χ1) is 9.11. The standard InChI is InChI=1S/C13H13N3O3/c1-8-6-11(17)9(7-15-8)12(18)16-10-4-3-5-14-13(10)19-2/h3-7H,1-2H3,(H,15,17)(H,16,18). The van der Waals surface area contributed by atoms with Gasteiger partial charge in [-0.3, -0.25) is 9.59 Å². The largest absolute Gasteiger partial charge is 0.480 e. The van der Waals surface area contributed by atoms with Crippen LogP contribution in [0.5, 0.6) is 5.88 Å². The minimum absolute atomic E-state index is 0.0384. The van der Waals surface area contributed by atoms with Gasteiger partial charge in [0.05, 0.1) is 7.11 Å². The highest BCUT2D eigenvalue weighted by Gasteiger charge is 2.13. The van der Waals surface area contributed by atoms with Gasteiger partial charge in [-0.1, -0.05) is 0 Å². The number of methoxy groups -OCH3 is 1. The summed E-state index contributed by atoms with van der Waals surface area (Å²) in [5.41, 5.74) is 0.809. The zero-order chi connectivity index (χ0) is 13.8. The second kappa shape index (κ2) is 5.34. The van der Waals surface area contributed by atoms with Gasteiger partial charge in [0.25, 0.3) is 5.91 Å². The number of aromatic nitrogens is 2. The fourth-order valence-corrected chi connectivity index (χ4v) is 1.59. The first-order valence-electron chi connectivity index (χ1n) is 5.61. The van der Waals surface area contributed by atoms with Gasteiger partial charge in [0.15, 0.2) is 5.43 Å². The SMILES string of the molecule is COc1ncccc1NC(=O)c1c[nH]c(C)cc1=O. The number of nitrogens with zero attached hydrogens (tertiary/aromatic N) is 1. The molecule has 0 aliphatic carbocycles. The fourth-order valence-electron chi connectivity index (χ4n) is 1.59. The van der Waals surface area contributed by atoms with Crippen LogP contribution in [0.4, 0.5) is 5.69 Å². The van der Waals surface area contributed by atoms with E-state index in [9.17, 15) is 9.59 Å². The minimum Gasteiger partial charge on any atom is -0.480 e. The third-order valence-electron chi connectivity index (χ3n) is 2.51. The third kappa shape index (κ3) is 2.79. The number of H-pyrrole nitrogens is 1. The van der Waals surface area contributed by atoms with Gasteiger partial charge in [-0.2, -0.15) is 0 Å². The van der Waals surface area contributed by atoms with E-state index in [0.717, 1.165) is 0 Å². The van der Waals surface area contributed by atoms with Crippen LogP contribution in [0.2, 0.25) is 0 Å². The van der Waals surface area contributed by atoms with Crippen LogP contribution in [0.15, 0.2) is 35.4 Å². The van der Waals surface area contributed by atoms with Gasteiger partial charge < -0.3 is 15.0 Å². The number of carbonyl (C=O) groups is 1. The van der Waals surface area contributed by atoms with Crippen molar-refractivity contribution >= 4 is 11.6 Å². The molecular formula is C13H13N3O3. The van der Waals surface area contributed by atoms with Gasteiger partial charge in [-0.05, 0) is 19.1 Å². The summed E-state index contributed by atoms with van der Waals surface area (Å²) >= 11 is 0. The van der Waals surface area contributed by atoms with Gasteiger partial charge in [-0.15, -0.1) is 0 Å². The Labute approximate surface area is 109 Å². The van der Waals surface area contributed by atoms with Crippen LogP contribution in [0, 0.1) is 6.92 Å². The van der Waals surface area contributed by atoms with Crippen LogP contribution < -0.4 is 15.5 Å². The van der Waals surface area contributed by atoms with Crippen molar-refractivity contribution in [3.8, 4) is 5.88 Å². The summed E-state index contributed by atoms with van der Waals surface area (Å²) < 4.78 is 5.02. The molecule has 0 aromatic carbocycles. The van der Waals surface area contributed by atoms with E-state index in [4.69, 9.17) is 4.74 Å². The number of pyridine rings is 2. The highest BCUT2D eigenvalue weighted by molar-refractivity contribution is 6.04. The van der Waals surface area contributed by atoms with E-state index in [0.29, 0.717) is 17.3 Å². The summed E-state index contributed by atoms with van der Waals surface area (Å²) in [6, 6.07) is 4.68. The van der Waals surface area contributed by atoms with Crippen LogP contribution in [0.3, 0.4) is 0 Å². The molecule has 2 heterocycles. The van der Waals surface area contributed by atoms with E-state index >= 15 is 0 Å². The number of rotatable bonds is 3. The molecule has 0 spiro atoms. The van der Waals surface area contributed by atoms with E-state index in [1.54, 1.807) is 25.3 Å². The normalized spacial score (nSPS) is 10.0. The van der Waals surface area contributed by atoms with Gasteiger partial charge in [0, 0.05) is 24.2 Å². The Balaban J connectivity index is 2.28. The topological polar surface area (TPSA) is 84.1 Å². The lowest BCUT2D eigenvalue weighted by Gasteiger charge is -2.08. The predicted molar refractivity (Wildman–Crippen MR) is 70.5 cm³/mol. The van der Waals surface area contributed by atoms with E-state index < -0.39 is 5.91 Å². The summed E-state index contributed by atoms with van der Waals surface area (Å²) in [5.74, 6) is -0.216. The quantitative estimate of drug-likeness (QED) is 0.871. The van der Waals surface area contributed by atoms with Gasteiger partial charge in [0.2, 0.25) is 5.88 Å². The second-order valence-electron chi connectivity index (χ2n) is 3.91. The minimum atomic E-state index is -0.507. The number of nitrogens with one attached hydrogen (secondary N) is 2. The molecule has 1 amide bonds. The molecule has 0 unspecified atom stereocenters. The second-order valence-corrected chi connectivity index (χ2v) is 3.91. The molecule has 2 aromatic rings. The smallest absolute Gasteiger partial charge is 0.261 e. The first-order valence-corrected chi connectivity index (χ1v) is 5.61. The monoisotopic (exact) mass is 259 g/mol. The molecule has 0 atom stereocenters. The maximum absolute atomic E-state index is 12.0. The number of aryl methyl sites for hydroxylation is 1. The van der Waals surface area contributed by atoms with Crippen LogP contribution in [-0.2, 0) is 0 Å². The number of aromatic amines is 1. The average Bonchev–Trinajstić information content (AvgIpc) is 2.39. The number of carbonyl (C=O) groups excluding carboxylic acids is 1. The van der Waals surface area contributed by atoms with Crippen molar-refractivity contribution in [1.29, 1.82) is 0 Å². The molecule has 6 heteroatoms. The number of ether oxygens (including phenoxy) is 1. The van der Waals surface area contributed by atoms with Crippen molar-refractivity contribution in [3.63, 3.8) is 0 Å². The Bertz CT molecular complexity index is 664. The molecule has 0 saturated heterocycles. The van der Waals surface area contributed by atoms with Crippen LogP contribution in [-0.4, -0.2) is 23.0 Å². The summed E-state index contributed by atoms with van der Waals surface area (Å²) in [7, 11) is 1.46. The van der Waals surface area contributed by atoms with E-state index in [1.165, 1.54) is 19.4 Å². The van der Waals surface area contributed by atoms with E-state index in [2.05, 4.69) is 15.3 Å². The molecular weight excluding hydrogens is 246 g/mol. The number of anilines is 1. The third-order valence-corrected chi connectivity index (χ3v) is 2.51. The maximum atomic E-state index is 12.0. The zero-order valence-electron chi connectivity index (χ0n) is 10.6. The van der Waals surface area contributed by atoms with Gasteiger partial charge in [-0.25, -0.2) is 4.98 Å². The Morgan fingerprint density at radius 1 is 1.47 bits per heavy atom. The van der Waals surface area contributed by atoms with Gasteiger partial charge in [0.1, 0.15) is 11.3 Å². The van der Waals surface area contributed by atoms with Crippen LogP contribution >= 0.6 is 0 Å². The Morgan fingerprint density at radius 2 is 2.26 bits per heavy atom. The highest BCUT2D eigenvalue weighted by atomic mass is 16.5. The Kier molecular flexibility index (Phi) is 3.61. The average molecular weight is 259 g/mol. The Hall–Kier alpha value is -2.63. The lowest BCUT2D eigenvalue weighted by molar-refractivity contribution is 0.102. The highest BCUT2D eigenvalue weighted by Crippen LogP contribution is 2.20. The molecule has 2 rings (SSSR count). The van der Waals surface area contributed by atoms with Crippen molar-refractivity contribution < 1.29 is 9.53 Å². The lowest BCUT2D eigenvalue weighted by Crippen LogP contribution is -2.21. The van der Waals surface area contributed by atoms with Crippen molar-refractivity contribution in [1.82, 2.24) is 9.97 Å². The molecule has 0 aliphatic heterocycles. The van der Waals surface area contributed by atoms with Gasteiger partial charge >= 0.3 is 0 Å². The van der Waals surface area contributed by atoms with Crippen molar-refractivity contribution in [2.75, 3.05) is 12.4 Å². The lowest BCUT2D eigenvalue weighted by atomic mass is 10.2. The number of hydrogen-bond donors (Lipinski definition) is 2. The van der Waals surface area contributed by atoms with E-state index in [1.807, 2.05) is 0 Å². The molecule has 2 aromatic heterocycles. The first kappa shape index (κ1) is 12.8. The molecule has 19 heavy (non-hydrogen) atoms. The van der Waals surface area contributed by atoms with Crippen molar-refractivity contribution in [2.45, 2.75) is 6.92 Å². The summed E-state index contributed by atoms with van der Waals surface area (Å²) in [6.07, 6.45) is 2.93. The number of amides is 1. The molecule has 2 N–H and O–H groups in total. The van der Waals surface area contributed by atoms with Crippen LogP contribution in [0.1, 0.15) is 16.1 Å². The zero-order valence-corrected chi connectivity index (χ0v) is 10.6. The van der Waals surface area contributed by atoms with Crippen molar-refractivity contribution in [3.05, 3.63) is 52.1 Å². The fraction of sp³-hybridized carbons (Fsp3) is 0.154. The maximum Gasteiger partial charge on any atom is 0.261 e. The summed E-state index contributed by atoms with van der Waals surface area (Å²) in [4.78, 5) is 30.5. The molecule has 0 aliphatic rings. The number of hydrogen-bond acceptors (Lipinski definition) is 4. The molecule has 0 fully saturated rings.